The van der Waals surface area contributed by atoms with Gasteiger partial charge in [0.25, 0.3) is 5.91 Å². The summed E-state index contributed by atoms with van der Waals surface area (Å²) in [6.45, 7) is 5.86. The molecule has 0 aliphatic carbocycles. The first-order chi connectivity index (χ1) is 14.5. The van der Waals surface area contributed by atoms with E-state index in [1.165, 1.54) is 0 Å². The summed E-state index contributed by atoms with van der Waals surface area (Å²) >= 11 is 0. The number of anilines is 1. The molecule has 0 saturated carbocycles. The Balaban J connectivity index is 1.37. The predicted octanol–water partition coefficient (Wildman–Crippen LogP) is 3.48. The highest BCUT2D eigenvalue weighted by molar-refractivity contribution is 5.93. The summed E-state index contributed by atoms with van der Waals surface area (Å²) in [7, 11) is 0. The maximum atomic E-state index is 12.9. The van der Waals surface area contributed by atoms with Crippen LogP contribution in [-0.2, 0) is 0 Å². The van der Waals surface area contributed by atoms with Crippen molar-refractivity contribution in [2.75, 3.05) is 31.5 Å². The maximum absolute atomic E-state index is 12.9. The van der Waals surface area contributed by atoms with Crippen molar-refractivity contribution in [3.63, 3.8) is 0 Å². The van der Waals surface area contributed by atoms with Gasteiger partial charge in [0.15, 0.2) is 5.69 Å². The Hall–Kier alpha value is -3.61. The SMILES string of the molecule is Cc1cccc(NC(=O)N2CCN(C(=O)c3cc(C)n(-c4ccccc4)n3)CC2)c1. The molecule has 0 unspecified atom stereocenters. The molecule has 0 bridgehead atoms. The number of urea groups is 1. The van der Waals surface area contributed by atoms with E-state index in [9.17, 15) is 9.59 Å². The third-order valence-electron chi connectivity index (χ3n) is 5.23. The number of carbonyl (C=O) groups excluding carboxylic acids is 2. The molecule has 7 nitrogen and oxygen atoms in total. The highest BCUT2D eigenvalue weighted by Crippen LogP contribution is 2.15. The van der Waals surface area contributed by atoms with Gasteiger partial charge in [-0.2, -0.15) is 5.10 Å². The lowest BCUT2D eigenvalue weighted by Crippen LogP contribution is -2.51. The molecule has 0 spiro atoms. The summed E-state index contributed by atoms with van der Waals surface area (Å²) in [5.74, 6) is -0.105. The normalized spacial score (nSPS) is 13.9. The van der Waals surface area contributed by atoms with Crippen LogP contribution in [0.15, 0.2) is 60.7 Å². The number of amides is 3. The number of hydrogen-bond acceptors (Lipinski definition) is 3. The number of hydrogen-bond donors (Lipinski definition) is 1. The largest absolute Gasteiger partial charge is 0.334 e. The Morgan fingerprint density at radius 1 is 0.867 bits per heavy atom. The number of piperazine rings is 1. The zero-order valence-electron chi connectivity index (χ0n) is 17.2. The fraction of sp³-hybridized carbons (Fsp3) is 0.261. The highest BCUT2D eigenvalue weighted by Gasteiger charge is 2.26. The number of para-hydroxylation sites is 1. The second-order valence-electron chi connectivity index (χ2n) is 7.50. The second-order valence-corrected chi connectivity index (χ2v) is 7.50. The molecule has 3 amide bonds. The zero-order valence-corrected chi connectivity index (χ0v) is 17.2. The lowest BCUT2D eigenvalue weighted by Gasteiger charge is -2.34. The van der Waals surface area contributed by atoms with Crippen molar-refractivity contribution in [3.05, 3.63) is 77.6 Å². The van der Waals surface area contributed by atoms with Crippen molar-refractivity contribution in [2.24, 2.45) is 0 Å². The lowest BCUT2D eigenvalue weighted by atomic mass is 10.2. The van der Waals surface area contributed by atoms with Crippen LogP contribution < -0.4 is 5.32 Å². The molecule has 1 aliphatic rings. The molecule has 7 heteroatoms. The molecular formula is C23H25N5O2. The minimum Gasteiger partial charge on any atom is -0.334 e. The van der Waals surface area contributed by atoms with Crippen LogP contribution in [0.4, 0.5) is 10.5 Å². The average molecular weight is 403 g/mol. The summed E-state index contributed by atoms with van der Waals surface area (Å²) in [4.78, 5) is 29.0. The van der Waals surface area contributed by atoms with E-state index in [1.807, 2.05) is 74.5 Å². The van der Waals surface area contributed by atoms with Crippen LogP contribution in [0.2, 0.25) is 0 Å². The van der Waals surface area contributed by atoms with Gasteiger partial charge in [0.1, 0.15) is 0 Å². The first kappa shape index (κ1) is 19.7. The molecule has 1 aromatic heterocycles. The molecule has 30 heavy (non-hydrogen) atoms. The van der Waals surface area contributed by atoms with Crippen LogP contribution in [0.5, 0.6) is 0 Å². The Morgan fingerprint density at radius 3 is 2.27 bits per heavy atom. The highest BCUT2D eigenvalue weighted by atomic mass is 16.2. The third kappa shape index (κ3) is 4.20. The third-order valence-corrected chi connectivity index (χ3v) is 5.23. The van der Waals surface area contributed by atoms with E-state index < -0.39 is 0 Å². The van der Waals surface area contributed by atoms with Crippen molar-refractivity contribution in [2.45, 2.75) is 13.8 Å². The van der Waals surface area contributed by atoms with Crippen LogP contribution >= 0.6 is 0 Å². The first-order valence-electron chi connectivity index (χ1n) is 10.1. The fourth-order valence-electron chi connectivity index (χ4n) is 3.61. The van der Waals surface area contributed by atoms with E-state index >= 15 is 0 Å². The monoisotopic (exact) mass is 403 g/mol. The smallest absolute Gasteiger partial charge is 0.321 e. The zero-order chi connectivity index (χ0) is 21.1. The molecule has 3 aromatic rings. The number of carbonyl (C=O) groups is 2. The summed E-state index contributed by atoms with van der Waals surface area (Å²) in [6, 6.07) is 19.1. The minimum absolute atomic E-state index is 0.105. The topological polar surface area (TPSA) is 70.5 Å². The number of rotatable bonds is 3. The number of nitrogens with one attached hydrogen (secondary N) is 1. The number of benzene rings is 2. The Labute approximate surface area is 175 Å². The van der Waals surface area contributed by atoms with E-state index in [4.69, 9.17) is 0 Å². The van der Waals surface area contributed by atoms with Crippen molar-refractivity contribution >= 4 is 17.6 Å². The Morgan fingerprint density at radius 2 is 1.57 bits per heavy atom. The maximum Gasteiger partial charge on any atom is 0.321 e. The van der Waals surface area contributed by atoms with Crippen LogP contribution in [0.25, 0.3) is 5.69 Å². The second kappa shape index (κ2) is 8.41. The van der Waals surface area contributed by atoms with E-state index in [1.54, 1.807) is 14.5 Å². The van der Waals surface area contributed by atoms with Gasteiger partial charge < -0.3 is 15.1 Å². The summed E-state index contributed by atoms with van der Waals surface area (Å²) in [5, 5.41) is 7.43. The van der Waals surface area contributed by atoms with Crippen molar-refractivity contribution in [1.82, 2.24) is 19.6 Å². The van der Waals surface area contributed by atoms with E-state index in [0.29, 0.717) is 31.9 Å². The van der Waals surface area contributed by atoms with E-state index in [-0.39, 0.29) is 11.9 Å². The van der Waals surface area contributed by atoms with Crippen molar-refractivity contribution in [3.8, 4) is 5.69 Å². The van der Waals surface area contributed by atoms with Crippen LogP contribution in [-0.4, -0.2) is 57.7 Å². The van der Waals surface area contributed by atoms with Gasteiger partial charge >= 0.3 is 6.03 Å². The van der Waals surface area contributed by atoms with E-state index in [0.717, 1.165) is 22.6 Å². The standard InChI is InChI=1S/C23H25N5O2/c1-17-7-6-8-19(15-17)24-23(30)27-13-11-26(12-14-27)22(29)21-16-18(2)28(25-21)20-9-4-3-5-10-20/h3-10,15-16H,11-14H2,1-2H3,(H,24,30). The van der Waals surface area contributed by atoms with Gasteiger partial charge in [0.05, 0.1) is 5.69 Å². The molecule has 1 aliphatic heterocycles. The van der Waals surface area contributed by atoms with E-state index in [2.05, 4.69) is 10.4 Å². The number of aryl methyl sites for hydroxylation is 2. The van der Waals surface area contributed by atoms with Gasteiger partial charge in [0, 0.05) is 37.6 Å². The molecular weight excluding hydrogens is 378 g/mol. The van der Waals surface area contributed by atoms with Crippen molar-refractivity contribution in [1.29, 1.82) is 0 Å². The van der Waals surface area contributed by atoms with Crippen LogP contribution in [0.1, 0.15) is 21.7 Å². The lowest BCUT2D eigenvalue weighted by molar-refractivity contribution is 0.0665. The molecule has 2 heterocycles. The summed E-state index contributed by atoms with van der Waals surface area (Å²) < 4.78 is 1.78. The Bertz CT molecular complexity index is 1050. The molecule has 154 valence electrons. The molecule has 1 fully saturated rings. The van der Waals surface area contributed by atoms with Crippen molar-refractivity contribution < 1.29 is 9.59 Å². The number of aromatic nitrogens is 2. The molecule has 0 radical (unpaired) electrons. The molecule has 4 rings (SSSR count). The predicted molar refractivity (Wildman–Crippen MR) is 116 cm³/mol. The summed E-state index contributed by atoms with van der Waals surface area (Å²) in [6.07, 6.45) is 0. The van der Waals surface area contributed by atoms with Gasteiger partial charge in [-0.15, -0.1) is 0 Å². The van der Waals surface area contributed by atoms with Gasteiger partial charge in [-0.1, -0.05) is 30.3 Å². The van der Waals surface area contributed by atoms with Gasteiger partial charge in [-0.05, 0) is 49.7 Å². The van der Waals surface area contributed by atoms with Gasteiger partial charge in [-0.3, -0.25) is 4.79 Å². The fourth-order valence-corrected chi connectivity index (χ4v) is 3.61. The molecule has 1 saturated heterocycles. The molecule has 2 aromatic carbocycles. The quantitative estimate of drug-likeness (QED) is 0.728. The minimum atomic E-state index is -0.142. The first-order valence-corrected chi connectivity index (χ1v) is 10.1. The van der Waals surface area contributed by atoms with Gasteiger partial charge in [-0.25, -0.2) is 9.48 Å². The molecule has 1 N–H and O–H groups in total. The average Bonchev–Trinajstić information content (AvgIpc) is 3.15. The van der Waals surface area contributed by atoms with Crippen LogP contribution in [0.3, 0.4) is 0 Å². The van der Waals surface area contributed by atoms with Gasteiger partial charge in [0.2, 0.25) is 0 Å². The Kier molecular flexibility index (Phi) is 5.52. The number of nitrogens with zero attached hydrogens (tertiary/aromatic N) is 4. The van der Waals surface area contributed by atoms with Crippen LogP contribution in [0, 0.1) is 13.8 Å². The summed E-state index contributed by atoms with van der Waals surface area (Å²) in [5.41, 5.74) is 4.12. The molecule has 0 atom stereocenters.